The summed E-state index contributed by atoms with van der Waals surface area (Å²) in [5, 5.41) is 2.12. The van der Waals surface area contributed by atoms with Crippen molar-refractivity contribution in [3.63, 3.8) is 0 Å². The molecule has 1 atom stereocenters. The predicted octanol–water partition coefficient (Wildman–Crippen LogP) is 4.57. The molecule has 0 bridgehead atoms. The van der Waals surface area contributed by atoms with Gasteiger partial charge in [0.05, 0.1) is 0 Å². The Kier molecular flexibility index (Phi) is 5.71. The van der Waals surface area contributed by atoms with Crippen LogP contribution in [-0.4, -0.2) is 28.7 Å². The van der Waals surface area contributed by atoms with Crippen LogP contribution in [0.15, 0.2) is 24.3 Å². The highest BCUT2D eigenvalue weighted by Gasteiger charge is 2.43. The molecular weight excluding hydrogens is 302 g/mol. The molecule has 24 heavy (non-hydrogen) atoms. The molecule has 4 nitrogen and oxygen atoms in total. The smallest absolute Gasteiger partial charge is 0.302 e. The number of carbonyl (C=O) groups excluding carboxylic acids is 1. The van der Waals surface area contributed by atoms with E-state index >= 15 is 0 Å². The number of hydrogen-bond donors (Lipinski definition) is 0. The standard InChI is InChI=1S/C20H31NO3/c1-15-8-10-17(11-9-15)18(14-23-16(2)22)24-21-19(3,4)12-7-13-20(21,5)6/h8-11,18H,7,12-14H2,1-6H3/t18-/m0/s1. The first-order valence-corrected chi connectivity index (χ1v) is 8.79. The number of hydrogen-bond acceptors (Lipinski definition) is 4. The second-order valence-electron chi connectivity index (χ2n) is 8.08. The highest BCUT2D eigenvalue weighted by Crippen LogP contribution is 2.40. The number of carbonyl (C=O) groups is 1. The maximum Gasteiger partial charge on any atom is 0.302 e. The fourth-order valence-electron chi connectivity index (χ4n) is 3.55. The molecular formula is C20H31NO3. The van der Waals surface area contributed by atoms with Crippen molar-refractivity contribution >= 4 is 5.97 Å². The number of aryl methyl sites for hydroxylation is 1. The van der Waals surface area contributed by atoms with E-state index in [1.807, 2.05) is 12.1 Å². The van der Waals surface area contributed by atoms with Crippen molar-refractivity contribution in [3.8, 4) is 0 Å². The summed E-state index contributed by atoms with van der Waals surface area (Å²) in [5.41, 5.74) is 2.12. The van der Waals surface area contributed by atoms with Crippen LogP contribution in [0.5, 0.6) is 0 Å². The summed E-state index contributed by atoms with van der Waals surface area (Å²) >= 11 is 0. The molecule has 0 aliphatic carbocycles. The van der Waals surface area contributed by atoms with Crippen LogP contribution < -0.4 is 0 Å². The predicted molar refractivity (Wildman–Crippen MR) is 95.5 cm³/mol. The lowest BCUT2D eigenvalue weighted by atomic mass is 9.82. The van der Waals surface area contributed by atoms with Crippen molar-refractivity contribution in [2.75, 3.05) is 6.61 Å². The second kappa shape index (κ2) is 7.24. The van der Waals surface area contributed by atoms with E-state index in [1.54, 1.807) is 0 Å². The van der Waals surface area contributed by atoms with Crippen LogP contribution in [0.1, 0.15) is 71.1 Å². The molecule has 1 aliphatic heterocycles. The number of esters is 1. The molecule has 0 saturated carbocycles. The topological polar surface area (TPSA) is 38.8 Å². The molecule has 4 heteroatoms. The zero-order valence-corrected chi connectivity index (χ0v) is 15.9. The van der Waals surface area contributed by atoms with Crippen LogP contribution >= 0.6 is 0 Å². The highest BCUT2D eigenvalue weighted by atomic mass is 16.7. The largest absolute Gasteiger partial charge is 0.463 e. The van der Waals surface area contributed by atoms with Crippen molar-refractivity contribution in [1.82, 2.24) is 5.06 Å². The quantitative estimate of drug-likeness (QED) is 0.740. The van der Waals surface area contributed by atoms with Crippen molar-refractivity contribution in [2.24, 2.45) is 0 Å². The Balaban J connectivity index is 2.25. The van der Waals surface area contributed by atoms with Gasteiger partial charge in [0, 0.05) is 18.0 Å². The van der Waals surface area contributed by atoms with E-state index in [-0.39, 0.29) is 29.8 Å². The Labute approximate surface area is 146 Å². The minimum absolute atomic E-state index is 0.0546. The van der Waals surface area contributed by atoms with E-state index in [2.05, 4.69) is 51.8 Å². The molecule has 1 heterocycles. The number of piperidine rings is 1. The summed E-state index contributed by atoms with van der Waals surface area (Å²) in [6, 6.07) is 8.22. The third kappa shape index (κ3) is 4.58. The third-order valence-electron chi connectivity index (χ3n) is 4.80. The van der Waals surface area contributed by atoms with Gasteiger partial charge >= 0.3 is 5.97 Å². The van der Waals surface area contributed by atoms with Gasteiger partial charge in [0.25, 0.3) is 0 Å². The van der Waals surface area contributed by atoms with Gasteiger partial charge in [-0.3, -0.25) is 9.63 Å². The van der Waals surface area contributed by atoms with Gasteiger partial charge in [-0.25, -0.2) is 0 Å². The SMILES string of the molecule is CC(=O)OC[C@H](ON1C(C)(C)CCCC1(C)C)c1ccc(C)cc1. The zero-order chi connectivity index (χ0) is 18.0. The molecule has 1 fully saturated rings. The van der Waals surface area contributed by atoms with Crippen LogP contribution in [-0.2, 0) is 14.4 Å². The van der Waals surface area contributed by atoms with Gasteiger partial charge in [0.1, 0.15) is 12.7 Å². The maximum atomic E-state index is 11.3. The molecule has 0 unspecified atom stereocenters. The monoisotopic (exact) mass is 333 g/mol. The fraction of sp³-hybridized carbons (Fsp3) is 0.650. The average molecular weight is 333 g/mol. The lowest BCUT2D eigenvalue weighted by Gasteiger charge is -2.52. The van der Waals surface area contributed by atoms with E-state index < -0.39 is 0 Å². The van der Waals surface area contributed by atoms with Crippen LogP contribution in [0.4, 0.5) is 0 Å². The summed E-state index contributed by atoms with van der Waals surface area (Å²) in [4.78, 5) is 17.7. The lowest BCUT2D eigenvalue weighted by molar-refractivity contribution is -0.311. The molecule has 0 amide bonds. The molecule has 0 spiro atoms. The number of benzene rings is 1. The molecule has 0 aromatic heterocycles. The minimum Gasteiger partial charge on any atom is -0.463 e. The van der Waals surface area contributed by atoms with Gasteiger partial charge in [-0.15, -0.1) is 0 Å². The lowest BCUT2D eigenvalue weighted by Crippen LogP contribution is -2.58. The first-order valence-electron chi connectivity index (χ1n) is 8.79. The molecule has 0 N–H and O–H groups in total. The molecule has 134 valence electrons. The van der Waals surface area contributed by atoms with Crippen LogP contribution in [0.3, 0.4) is 0 Å². The van der Waals surface area contributed by atoms with E-state index in [0.717, 1.165) is 18.4 Å². The number of nitrogens with zero attached hydrogens (tertiary/aromatic N) is 1. The zero-order valence-electron chi connectivity index (χ0n) is 15.9. The minimum atomic E-state index is -0.300. The van der Waals surface area contributed by atoms with Gasteiger partial charge in [-0.05, 0) is 59.4 Å². The first kappa shape index (κ1) is 18.9. The number of ether oxygens (including phenoxy) is 1. The van der Waals surface area contributed by atoms with Gasteiger partial charge in [0.15, 0.2) is 0 Å². The Bertz CT molecular complexity index is 547. The number of hydroxylamine groups is 2. The Morgan fingerprint density at radius 3 is 2.17 bits per heavy atom. The summed E-state index contributed by atoms with van der Waals surface area (Å²) < 4.78 is 5.28. The van der Waals surface area contributed by atoms with Crippen molar-refractivity contribution < 1.29 is 14.4 Å². The van der Waals surface area contributed by atoms with E-state index in [1.165, 1.54) is 18.9 Å². The summed E-state index contributed by atoms with van der Waals surface area (Å²) in [6.07, 6.45) is 3.07. The third-order valence-corrected chi connectivity index (χ3v) is 4.80. The second-order valence-corrected chi connectivity index (χ2v) is 8.08. The molecule has 1 aromatic carbocycles. The Morgan fingerprint density at radius 1 is 1.12 bits per heavy atom. The Hall–Kier alpha value is -1.39. The molecule has 1 saturated heterocycles. The van der Waals surface area contributed by atoms with E-state index in [0.29, 0.717) is 0 Å². The molecule has 0 radical (unpaired) electrons. The number of rotatable bonds is 5. The van der Waals surface area contributed by atoms with E-state index in [9.17, 15) is 4.79 Å². The molecule has 2 rings (SSSR count). The fourth-order valence-corrected chi connectivity index (χ4v) is 3.55. The van der Waals surface area contributed by atoms with Crippen molar-refractivity contribution in [3.05, 3.63) is 35.4 Å². The molecule has 1 aromatic rings. The normalized spacial score (nSPS) is 21.2. The van der Waals surface area contributed by atoms with Gasteiger partial charge < -0.3 is 4.74 Å². The highest BCUT2D eigenvalue weighted by molar-refractivity contribution is 5.65. The first-order chi connectivity index (χ1) is 11.1. The van der Waals surface area contributed by atoms with Crippen molar-refractivity contribution in [2.45, 2.75) is 78.0 Å². The summed E-state index contributed by atoms with van der Waals surface area (Å²) in [5.74, 6) is -0.284. The van der Waals surface area contributed by atoms with Crippen LogP contribution in [0, 0.1) is 6.92 Å². The average Bonchev–Trinajstić information content (AvgIpc) is 2.46. The van der Waals surface area contributed by atoms with Gasteiger partial charge in [0.2, 0.25) is 0 Å². The summed E-state index contributed by atoms with van der Waals surface area (Å²) in [7, 11) is 0. The Morgan fingerprint density at radius 2 is 1.67 bits per heavy atom. The molecule has 1 aliphatic rings. The van der Waals surface area contributed by atoms with Crippen molar-refractivity contribution in [1.29, 1.82) is 0 Å². The maximum absolute atomic E-state index is 11.3. The van der Waals surface area contributed by atoms with Crippen LogP contribution in [0.25, 0.3) is 0 Å². The van der Waals surface area contributed by atoms with Crippen LogP contribution in [0.2, 0.25) is 0 Å². The van der Waals surface area contributed by atoms with E-state index in [4.69, 9.17) is 9.57 Å². The van der Waals surface area contributed by atoms with Gasteiger partial charge in [-0.1, -0.05) is 29.8 Å². The summed E-state index contributed by atoms with van der Waals surface area (Å²) in [6.45, 7) is 12.6. The van der Waals surface area contributed by atoms with Gasteiger partial charge in [-0.2, -0.15) is 5.06 Å².